The predicted molar refractivity (Wildman–Crippen MR) is 63.1 cm³/mol. The minimum Gasteiger partial charge on any atom is -0.457 e. The quantitative estimate of drug-likeness (QED) is 0.747. The van der Waals surface area contributed by atoms with E-state index in [-0.39, 0.29) is 5.56 Å². The van der Waals surface area contributed by atoms with Gasteiger partial charge in [-0.05, 0) is 42.8 Å². The first kappa shape index (κ1) is 11.3. The van der Waals surface area contributed by atoms with Crippen LogP contribution in [0.4, 0.5) is 4.39 Å². The molecule has 0 N–H and O–H groups in total. The van der Waals surface area contributed by atoms with E-state index in [9.17, 15) is 9.18 Å². The maximum absolute atomic E-state index is 12.5. The number of carbonyl (C=O) groups excluding carboxylic acids is 1. The molecule has 0 spiro atoms. The molecule has 86 valence electrons. The maximum atomic E-state index is 12.5. The second-order valence-electron chi connectivity index (χ2n) is 3.67. The van der Waals surface area contributed by atoms with Crippen molar-refractivity contribution in [3.05, 3.63) is 59.7 Å². The molecule has 0 radical (unpaired) electrons. The molecular weight excluding hydrogens is 219 g/mol. The average molecular weight is 230 g/mol. The van der Waals surface area contributed by atoms with Crippen LogP contribution in [-0.2, 0) is 0 Å². The van der Waals surface area contributed by atoms with Crippen LogP contribution in [0.3, 0.4) is 0 Å². The molecule has 2 aromatic carbocycles. The van der Waals surface area contributed by atoms with E-state index < -0.39 is 6.04 Å². The van der Waals surface area contributed by atoms with Gasteiger partial charge in [-0.2, -0.15) is 4.39 Å². The van der Waals surface area contributed by atoms with E-state index in [1.165, 1.54) is 12.1 Å². The Morgan fingerprint density at radius 1 is 1.12 bits per heavy atom. The number of ether oxygens (including phenoxy) is 1. The first-order valence-corrected chi connectivity index (χ1v) is 5.20. The third-order valence-electron chi connectivity index (χ3n) is 2.37. The molecule has 0 fully saturated rings. The van der Waals surface area contributed by atoms with Crippen molar-refractivity contribution < 1.29 is 13.9 Å². The predicted octanol–water partition coefficient (Wildman–Crippen LogP) is 3.90. The normalized spacial score (nSPS) is 10.0. The molecule has 0 heterocycles. The molecule has 2 nitrogen and oxygen atoms in total. The summed E-state index contributed by atoms with van der Waals surface area (Å²) in [7, 11) is 0. The fraction of sp³-hybridized carbons (Fsp3) is 0.0714. The van der Waals surface area contributed by atoms with E-state index in [4.69, 9.17) is 4.74 Å². The Kier molecular flexibility index (Phi) is 3.19. The molecule has 0 bridgehead atoms. The van der Waals surface area contributed by atoms with Gasteiger partial charge < -0.3 is 4.74 Å². The lowest BCUT2D eigenvalue weighted by molar-refractivity contribution is 0.0836. The minimum absolute atomic E-state index is 0.0444. The first-order chi connectivity index (χ1) is 8.16. The van der Waals surface area contributed by atoms with Crippen LogP contribution in [0.5, 0.6) is 11.5 Å². The summed E-state index contributed by atoms with van der Waals surface area (Å²) in [6, 6.07) is 12.3. The van der Waals surface area contributed by atoms with Crippen molar-refractivity contribution in [2.75, 3.05) is 0 Å². The third kappa shape index (κ3) is 2.69. The van der Waals surface area contributed by atoms with Crippen molar-refractivity contribution in [3.8, 4) is 11.5 Å². The highest BCUT2D eigenvalue weighted by Crippen LogP contribution is 2.25. The molecule has 0 saturated heterocycles. The smallest absolute Gasteiger partial charge is 0.332 e. The third-order valence-corrected chi connectivity index (χ3v) is 2.37. The molecule has 0 atom stereocenters. The summed E-state index contributed by atoms with van der Waals surface area (Å²) in [4.78, 5) is 10.6. The topological polar surface area (TPSA) is 26.3 Å². The lowest BCUT2D eigenvalue weighted by Crippen LogP contribution is -1.93. The molecule has 0 saturated carbocycles. The monoisotopic (exact) mass is 230 g/mol. The van der Waals surface area contributed by atoms with Crippen LogP contribution in [-0.4, -0.2) is 6.04 Å². The highest BCUT2D eigenvalue weighted by molar-refractivity contribution is 5.88. The van der Waals surface area contributed by atoms with Gasteiger partial charge in [0.15, 0.2) is 0 Å². The second kappa shape index (κ2) is 4.78. The zero-order chi connectivity index (χ0) is 12.3. The Morgan fingerprint density at radius 3 is 2.41 bits per heavy atom. The molecular formula is C14H11FO2. The fourth-order valence-corrected chi connectivity index (χ4v) is 1.50. The zero-order valence-electron chi connectivity index (χ0n) is 9.31. The summed E-state index contributed by atoms with van der Waals surface area (Å²) >= 11 is 0. The standard InChI is InChI=1S/C14H11FO2/c1-10-9-11(14(15)16)7-8-13(10)17-12-5-3-2-4-6-12/h2-9H,1H3. The van der Waals surface area contributed by atoms with Gasteiger partial charge in [0.2, 0.25) is 0 Å². The first-order valence-electron chi connectivity index (χ1n) is 5.20. The van der Waals surface area contributed by atoms with Crippen molar-refractivity contribution in [1.29, 1.82) is 0 Å². The van der Waals surface area contributed by atoms with E-state index in [1.54, 1.807) is 13.0 Å². The maximum Gasteiger partial charge on any atom is 0.332 e. The van der Waals surface area contributed by atoms with Crippen molar-refractivity contribution in [3.63, 3.8) is 0 Å². The van der Waals surface area contributed by atoms with Crippen molar-refractivity contribution in [2.24, 2.45) is 0 Å². The van der Waals surface area contributed by atoms with Gasteiger partial charge in [-0.3, -0.25) is 4.79 Å². The van der Waals surface area contributed by atoms with E-state index in [0.29, 0.717) is 11.5 Å². The summed E-state index contributed by atoms with van der Waals surface area (Å²) in [6.45, 7) is 1.77. The zero-order valence-corrected chi connectivity index (χ0v) is 9.31. The highest BCUT2D eigenvalue weighted by Gasteiger charge is 2.07. The summed E-state index contributed by atoms with van der Waals surface area (Å²) in [5, 5.41) is 0. The largest absolute Gasteiger partial charge is 0.457 e. The number of halogens is 1. The summed E-state index contributed by atoms with van der Waals surface area (Å²) in [6.07, 6.45) is 0. The molecule has 0 aliphatic heterocycles. The van der Waals surface area contributed by atoms with Crippen molar-refractivity contribution in [2.45, 2.75) is 6.92 Å². The lowest BCUT2D eigenvalue weighted by atomic mass is 10.1. The van der Waals surface area contributed by atoms with Crippen LogP contribution < -0.4 is 4.74 Å². The van der Waals surface area contributed by atoms with Crippen LogP contribution >= 0.6 is 0 Å². The van der Waals surface area contributed by atoms with Crippen LogP contribution in [0.1, 0.15) is 15.9 Å². The Morgan fingerprint density at radius 2 is 1.82 bits per heavy atom. The van der Waals surface area contributed by atoms with Crippen LogP contribution in [0, 0.1) is 6.92 Å². The Labute approximate surface area is 98.7 Å². The fourth-order valence-electron chi connectivity index (χ4n) is 1.50. The number of aryl methyl sites for hydroxylation is 1. The van der Waals surface area contributed by atoms with Gasteiger partial charge in [0.1, 0.15) is 11.5 Å². The number of hydrogen-bond donors (Lipinski definition) is 0. The van der Waals surface area contributed by atoms with Crippen LogP contribution in [0.2, 0.25) is 0 Å². The van der Waals surface area contributed by atoms with Gasteiger partial charge >= 0.3 is 6.04 Å². The summed E-state index contributed by atoms with van der Waals surface area (Å²) < 4.78 is 18.1. The second-order valence-corrected chi connectivity index (χ2v) is 3.67. The van der Waals surface area contributed by atoms with Gasteiger partial charge in [0.05, 0.1) is 5.56 Å². The molecule has 0 unspecified atom stereocenters. The van der Waals surface area contributed by atoms with Crippen LogP contribution in [0.25, 0.3) is 0 Å². The number of carbonyl (C=O) groups is 1. The SMILES string of the molecule is Cc1cc(C(=O)F)ccc1Oc1ccccc1. The summed E-state index contributed by atoms with van der Waals surface area (Å²) in [5.41, 5.74) is 0.764. The molecule has 2 rings (SSSR count). The van der Waals surface area contributed by atoms with E-state index in [0.717, 1.165) is 5.56 Å². The van der Waals surface area contributed by atoms with Gasteiger partial charge in [-0.15, -0.1) is 0 Å². The van der Waals surface area contributed by atoms with Gasteiger partial charge in [-0.1, -0.05) is 18.2 Å². The van der Waals surface area contributed by atoms with E-state index in [1.807, 2.05) is 30.3 Å². The summed E-state index contributed by atoms with van der Waals surface area (Å²) in [5.74, 6) is 1.32. The molecule has 0 aliphatic rings. The number of para-hydroxylation sites is 1. The van der Waals surface area contributed by atoms with Crippen LogP contribution in [0.15, 0.2) is 48.5 Å². The molecule has 3 heteroatoms. The molecule has 2 aromatic rings. The van der Waals surface area contributed by atoms with Crippen molar-refractivity contribution in [1.82, 2.24) is 0 Å². The molecule has 0 aromatic heterocycles. The minimum atomic E-state index is -1.43. The molecule has 0 amide bonds. The van der Waals surface area contributed by atoms with Crippen molar-refractivity contribution >= 4 is 6.04 Å². The van der Waals surface area contributed by atoms with Gasteiger partial charge in [0.25, 0.3) is 0 Å². The Balaban J connectivity index is 2.26. The number of benzene rings is 2. The molecule has 17 heavy (non-hydrogen) atoms. The lowest BCUT2D eigenvalue weighted by Gasteiger charge is -2.08. The number of hydrogen-bond acceptors (Lipinski definition) is 2. The Bertz CT molecular complexity index is 535. The Hall–Kier alpha value is -2.16. The highest BCUT2D eigenvalue weighted by atomic mass is 19.1. The van der Waals surface area contributed by atoms with E-state index in [2.05, 4.69) is 0 Å². The number of rotatable bonds is 3. The average Bonchev–Trinajstić information content (AvgIpc) is 2.33. The van der Waals surface area contributed by atoms with Gasteiger partial charge in [0, 0.05) is 0 Å². The molecule has 0 aliphatic carbocycles. The van der Waals surface area contributed by atoms with Gasteiger partial charge in [-0.25, -0.2) is 0 Å². The van der Waals surface area contributed by atoms with E-state index >= 15 is 0 Å².